The number of aryl methyl sites for hydroxylation is 1. The zero-order valence-electron chi connectivity index (χ0n) is 20.1. The van der Waals surface area contributed by atoms with E-state index >= 15 is 0 Å². The van der Waals surface area contributed by atoms with E-state index in [0.717, 1.165) is 28.7 Å². The van der Waals surface area contributed by atoms with Crippen molar-refractivity contribution >= 4 is 23.4 Å². The van der Waals surface area contributed by atoms with E-state index in [2.05, 4.69) is 11.4 Å². The summed E-state index contributed by atoms with van der Waals surface area (Å²) in [7, 11) is 0. The molecule has 0 bridgehead atoms. The summed E-state index contributed by atoms with van der Waals surface area (Å²) in [5.41, 5.74) is 3.86. The highest BCUT2D eigenvalue weighted by atomic mass is 35.5. The molecule has 0 aromatic heterocycles. The Kier molecular flexibility index (Phi) is 9.29. The molecule has 0 aliphatic carbocycles. The number of halogens is 1. The largest absolute Gasteiger partial charge is 0.352 e. The first kappa shape index (κ1) is 25.5. The third kappa shape index (κ3) is 7.19. The first-order valence-electron chi connectivity index (χ1n) is 11.8. The predicted molar refractivity (Wildman–Crippen MR) is 139 cm³/mol. The summed E-state index contributed by atoms with van der Waals surface area (Å²) in [5, 5.41) is 3.65. The Morgan fingerprint density at radius 2 is 1.62 bits per heavy atom. The molecule has 0 aliphatic heterocycles. The molecular weight excluding hydrogens is 444 g/mol. The Morgan fingerprint density at radius 3 is 2.29 bits per heavy atom. The van der Waals surface area contributed by atoms with E-state index in [1.165, 1.54) is 0 Å². The molecule has 3 rings (SSSR count). The van der Waals surface area contributed by atoms with Crippen LogP contribution in [-0.2, 0) is 29.0 Å². The maximum Gasteiger partial charge on any atom is 0.243 e. The van der Waals surface area contributed by atoms with Gasteiger partial charge in [-0.05, 0) is 43.0 Å². The summed E-state index contributed by atoms with van der Waals surface area (Å²) in [6.45, 7) is 6.38. The highest BCUT2D eigenvalue weighted by Crippen LogP contribution is 2.20. The van der Waals surface area contributed by atoms with Crippen LogP contribution in [-0.4, -0.2) is 28.8 Å². The van der Waals surface area contributed by atoms with Gasteiger partial charge in [-0.15, -0.1) is 0 Å². The minimum atomic E-state index is -0.646. The predicted octanol–water partition coefficient (Wildman–Crippen LogP) is 5.75. The third-order valence-corrected chi connectivity index (χ3v) is 6.38. The lowest BCUT2D eigenvalue weighted by Crippen LogP contribution is -2.52. The van der Waals surface area contributed by atoms with Crippen LogP contribution in [0.25, 0.3) is 0 Å². The molecule has 0 unspecified atom stereocenters. The number of carbonyl (C=O) groups is 2. The van der Waals surface area contributed by atoms with Gasteiger partial charge >= 0.3 is 0 Å². The molecule has 0 saturated heterocycles. The summed E-state index contributed by atoms with van der Waals surface area (Å²) in [5.74, 6) is -0.270. The van der Waals surface area contributed by atoms with E-state index in [-0.39, 0.29) is 24.3 Å². The lowest BCUT2D eigenvalue weighted by Gasteiger charge is -2.32. The van der Waals surface area contributed by atoms with Gasteiger partial charge in [-0.1, -0.05) is 96.9 Å². The molecule has 0 heterocycles. The van der Waals surface area contributed by atoms with Crippen LogP contribution in [0.3, 0.4) is 0 Å². The van der Waals surface area contributed by atoms with Gasteiger partial charge in [0.2, 0.25) is 11.8 Å². The standard InChI is InChI=1S/C29H33ClN2O2/c1-4-22(3)31-29(34)27(18-23-12-6-5-7-13-23)32(20-24-14-10-11-21(2)17-24)28(33)19-25-15-8-9-16-26(25)30/h5-17,22,27H,4,18-20H2,1-3H3,(H,31,34)/t22-,27-/m0/s1. The van der Waals surface area contributed by atoms with Crippen LogP contribution in [0.5, 0.6) is 0 Å². The first-order valence-corrected chi connectivity index (χ1v) is 12.2. The smallest absolute Gasteiger partial charge is 0.243 e. The molecular formula is C29H33ClN2O2. The fourth-order valence-electron chi connectivity index (χ4n) is 3.91. The zero-order valence-corrected chi connectivity index (χ0v) is 20.9. The fraction of sp³-hybridized carbons (Fsp3) is 0.310. The summed E-state index contributed by atoms with van der Waals surface area (Å²) in [4.78, 5) is 29.0. The molecule has 0 spiro atoms. The topological polar surface area (TPSA) is 49.4 Å². The molecule has 5 heteroatoms. The van der Waals surface area contributed by atoms with Crippen molar-refractivity contribution in [1.29, 1.82) is 0 Å². The number of benzene rings is 3. The summed E-state index contributed by atoms with van der Waals surface area (Å²) >= 11 is 6.36. The molecule has 0 saturated carbocycles. The van der Waals surface area contributed by atoms with Crippen molar-refractivity contribution in [3.8, 4) is 0 Å². The molecule has 3 aromatic carbocycles. The molecule has 1 N–H and O–H groups in total. The minimum Gasteiger partial charge on any atom is -0.352 e. The van der Waals surface area contributed by atoms with Crippen LogP contribution in [0.4, 0.5) is 0 Å². The quantitative estimate of drug-likeness (QED) is 0.405. The molecule has 0 radical (unpaired) electrons. The second-order valence-corrected chi connectivity index (χ2v) is 9.21. The van der Waals surface area contributed by atoms with Crippen molar-refractivity contribution in [1.82, 2.24) is 10.2 Å². The van der Waals surface area contributed by atoms with Crippen molar-refractivity contribution < 1.29 is 9.59 Å². The van der Waals surface area contributed by atoms with E-state index in [9.17, 15) is 9.59 Å². The van der Waals surface area contributed by atoms with Gasteiger partial charge in [-0.25, -0.2) is 0 Å². The van der Waals surface area contributed by atoms with E-state index < -0.39 is 6.04 Å². The van der Waals surface area contributed by atoms with Crippen molar-refractivity contribution in [2.24, 2.45) is 0 Å². The molecule has 2 amide bonds. The van der Waals surface area contributed by atoms with E-state index in [1.807, 2.05) is 87.5 Å². The maximum absolute atomic E-state index is 13.7. The van der Waals surface area contributed by atoms with Gasteiger partial charge in [0.1, 0.15) is 6.04 Å². The Hall–Kier alpha value is -3.11. The highest BCUT2D eigenvalue weighted by molar-refractivity contribution is 6.31. The molecule has 34 heavy (non-hydrogen) atoms. The Balaban J connectivity index is 1.98. The minimum absolute atomic E-state index is 0.0188. The monoisotopic (exact) mass is 476 g/mol. The van der Waals surface area contributed by atoms with Crippen molar-refractivity contribution in [3.05, 3.63) is 106 Å². The van der Waals surface area contributed by atoms with Crippen molar-refractivity contribution in [3.63, 3.8) is 0 Å². The summed E-state index contributed by atoms with van der Waals surface area (Å²) < 4.78 is 0. The van der Waals surface area contributed by atoms with Gasteiger partial charge in [-0.3, -0.25) is 9.59 Å². The van der Waals surface area contributed by atoms with Gasteiger partial charge in [0.05, 0.1) is 6.42 Å². The van der Waals surface area contributed by atoms with Crippen molar-refractivity contribution in [2.75, 3.05) is 0 Å². The Bertz CT molecular complexity index is 1100. The summed E-state index contributed by atoms with van der Waals surface area (Å²) in [6, 6.07) is 24.6. The van der Waals surface area contributed by atoms with E-state index in [1.54, 1.807) is 11.0 Å². The second kappa shape index (κ2) is 12.4. The van der Waals surface area contributed by atoms with Gasteiger partial charge in [0, 0.05) is 24.0 Å². The highest BCUT2D eigenvalue weighted by Gasteiger charge is 2.31. The van der Waals surface area contributed by atoms with Crippen LogP contribution in [0.15, 0.2) is 78.9 Å². The normalized spacial score (nSPS) is 12.6. The van der Waals surface area contributed by atoms with Crippen molar-refractivity contribution in [2.45, 2.75) is 58.7 Å². The number of hydrogen-bond donors (Lipinski definition) is 1. The van der Waals surface area contributed by atoms with Gasteiger partial charge in [-0.2, -0.15) is 0 Å². The lowest BCUT2D eigenvalue weighted by molar-refractivity contribution is -0.141. The Morgan fingerprint density at radius 1 is 0.941 bits per heavy atom. The van der Waals surface area contributed by atoms with Crippen LogP contribution >= 0.6 is 11.6 Å². The maximum atomic E-state index is 13.7. The number of nitrogens with one attached hydrogen (secondary N) is 1. The van der Waals surface area contributed by atoms with Gasteiger partial charge in [0.25, 0.3) is 0 Å². The van der Waals surface area contributed by atoms with Crippen LogP contribution in [0, 0.1) is 6.92 Å². The number of rotatable bonds is 10. The number of hydrogen-bond acceptors (Lipinski definition) is 2. The molecule has 3 aromatic rings. The van der Waals surface area contributed by atoms with Gasteiger partial charge < -0.3 is 10.2 Å². The van der Waals surface area contributed by atoms with Gasteiger partial charge in [0.15, 0.2) is 0 Å². The lowest BCUT2D eigenvalue weighted by atomic mass is 10.0. The number of nitrogens with zero attached hydrogens (tertiary/aromatic N) is 1. The first-order chi connectivity index (χ1) is 16.4. The third-order valence-electron chi connectivity index (χ3n) is 6.01. The number of amides is 2. The van der Waals surface area contributed by atoms with E-state index in [4.69, 9.17) is 11.6 Å². The SMILES string of the molecule is CC[C@H](C)NC(=O)[C@H](Cc1ccccc1)N(Cc1cccc(C)c1)C(=O)Cc1ccccc1Cl. The average Bonchev–Trinajstić information content (AvgIpc) is 2.83. The number of carbonyl (C=O) groups excluding carboxylic acids is 2. The average molecular weight is 477 g/mol. The molecule has 178 valence electrons. The molecule has 4 nitrogen and oxygen atoms in total. The summed E-state index contributed by atoms with van der Waals surface area (Å²) in [6.07, 6.45) is 1.38. The zero-order chi connectivity index (χ0) is 24.5. The molecule has 2 atom stereocenters. The van der Waals surface area contributed by atoms with E-state index in [0.29, 0.717) is 18.0 Å². The van der Waals surface area contributed by atoms with Crippen LogP contribution in [0.2, 0.25) is 5.02 Å². The molecule has 0 fully saturated rings. The molecule has 0 aliphatic rings. The fourth-order valence-corrected chi connectivity index (χ4v) is 4.11. The second-order valence-electron chi connectivity index (χ2n) is 8.80. The van der Waals surface area contributed by atoms with Crippen LogP contribution in [0.1, 0.15) is 42.5 Å². The van der Waals surface area contributed by atoms with Crippen LogP contribution < -0.4 is 5.32 Å². The Labute approximate surface area is 207 Å².